The molecule has 0 amide bonds. The number of aliphatic hydroxyl groups is 1. The highest BCUT2D eigenvalue weighted by atomic mass is 35.5. The highest BCUT2D eigenvalue weighted by molar-refractivity contribution is 6.30. The SMILES string of the molecule is O=[N+]([O-])c1cc(Cl)ccc1OCCO. The Bertz CT molecular complexity index is 342. The Morgan fingerprint density at radius 1 is 1.57 bits per heavy atom. The lowest BCUT2D eigenvalue weighted by Gasteiger charge is -2.04. The van der Waals surface area contributed by atoms with Gasteiger partial charge in [-0.05, 0) is 12.1 Å². The molecule has 14 heavy (non-hydrogen) atoms. The summed E-state index contributed by atoms with van der Waals surface area (Å²) in [7, 11) is 0. The molecule has 0 saturated heterocycles. The van der Waals surface area contributed by atoms with Crippen LogP contribution in [0.2, 0.25) is 5.02 Å². The molecule has 1 rings (SSSR count). The van der Waals surface area contributed by atoms with E-state index in [0.29, 0.717) is 0 Å². The van der Waals surface area contributed by atoms with E-state index in [1.165, 1.54) is 18.2 Å². The molecule has 0 aliphatic rings. The topological polar surface area (TPSA) is 72.6 Å². The second-order valence-corrected chi connectivity index (χ2v) is 2.88. The molecule has 1 N–H and O–H groups in total. The van der Waals surface area contributed by atoms with Gasteiger partial charge in [-0.15, -0.1) is 0 Å². The molecule has 0 aliphatic carbocycles. The van der Waals surface area contributed by atoms with Crippen LogP contribution in [0.1, 0.15) is 0 Å². The van der Waals surface area contributed by atoms with Crippen molar-refractivity contribution in [3.8, 4) is 5.75 Å². The molecule has 0 fully saturated rings. The van der Waals surface area contributed by atoms with Gasteiger partial charge in [-0.2, -0.15) is 0 Å². The van der Waals surface area contributed by atoms with Gasteiger partial charge >= 0.3 is 5.69 Å². The number of aliphatic hydroxyl groups excluding tert-OH is 1. The molecule has 0 unspecified atom stereocenters. The third kappa shape index (κ3) is 2.58. The number of hydrogen-bond donors (Lipinski definition) is 1. The summed E-state index contributed by atoms with van der Waals surface area (Å²) in [5.41, 5.74) is -0.203. The molecule has 1 aromatic carbocycles. The van der Waals surface area contributed by atoms with E-state index in [2.05, 4.69) is 0 Å². The molecule has 1 aromatic rings. The van der Waals surface area contributed by atoms with Gasteiger partial charge in [-0.1, -0.05) is 11.6 Å². The first kappa shape index (κ1) is 10.7. The molecule has 0 aromatic heterocycles. The number of rotatable bonds is 4. The first-order valence-corrected chi connectivity index (χ1v) is 4.20. The Balaban J connectivity index is 2.96. The molecule has 0 atom stereocenters. The average Bonchev–Trinajstić information content (AvgIpc) is 2.15. The lowest BCUT2D eigenvalue weighted by Crippen LogP contribution is -2.03. The van der Waals surface area contributed by atoms with Gasteiger partial charge in [0.25, 0.3) is 0 Å². The molecule has 0 saturated carbocycles. The van der Waals surface area contributed by atoms with Gasteiger partial charge in [0.1, 0.15) is 6.61 Å². The highest BCUT2D eigenvalue weighted by Crippen LogP contribution is 2.29. The number of benzene rings is 1. The Labute approximate surface area is 85.0 Å². The Hall–Kier alpha value is -1.33. The molecule has 0 heterocycles. The van der Waals surface area contributed by atoms with Crippen LogP contribution in [-0.4, -0.2) is 23.2 Å². The van der Waals surface area contributed by atoms with E-state index in [9.17, 15) is 10.1 Å². The van der Waals surface area contributed by atoms with Crippen molar-refractivity contribution in [2.45, 2.75) is 0 Å². The van der Waals surface area contributed by atoms with Crippen molar-refractivity contribution in [2.75, 3.05) is 13.2 Å². The summed E-state index contributed by atoms with van der Waals surface area (Å²) in [4.78, 5) is 9.96. The van der Waals surface area contributed by atoms with Gasteiger partial charge < -0.3 is 9.84 Å². The van der Waals surface area contributed by atoms with Crippen molar-refractivity contribution in [1.29, 1.82) is 0 Å². The molecule has 0 aliphatic heterocycles. The minimum Gasteiger partial charge on any atom is -0.484 e. The summed E-state index contributed by atoms with van der Waals surface area (Å²) >= 11 is 5.59. The summed E-state index contributed by atoms with van der Waals surface area (Å²) < 4.78 is 4.95. The third-order valence-electron chi connectivity index (χ3n) is 1.47. The van der Waals surface area contributed by atoms with E-state index in [-0.39, 0.29) is 29.7 Å². The van der Waals surface area contributed by atoms with Gasteiger partial charge in [-0.25, -0.2) is 0 Å². The van der Waals surface area contributed by atoms with Gasteiger partial charge in [0.05, 0.1) is 11.5 Å². The van der Waals surface area contributed by atoms with Crippen LogP contribution >= 0.6 is 11.6 Å². The minimum atomic E-state index is -0.585. The van der Waals surface area contributed by atoms with Gasteiger partial charge in [0, 0.05) is 11.1 Å². The molecular weight excluding hydrogens is 210 g/mol. The first-order valence-electron chi connectivity index (χ1n) is 3.82. The predicted octanol–water partition coefficient (Wildman–Crippen LogP) is 1.62. The number of nitrogens with zero attached hydrogens (tertiary/aromatic N) is 1. The maximum Gasteiger partial charge on any atom is 0.312 e. The normalized spacial score (nSPS) is 9.86. The standard InChI is InChI=1S/C8H8ClNO4/c9-6-1-2-8(14-4-3-11)7(5-6)10(12)13/h1-2,5,11H,3-4H2. The van der Waals surface area contributed by atoms with Crippen LogP contribution in [0.3, 0.4) is 0 Å². The predicted molar refractivity (Wildman–Crippen MR) is 50.7 cm³/mol. The first-order chi connectivity index (χ1) is 6.65. The van der Waals surface area contributed by atoms with Crippen LogP contribution in [0.15, 0.2) is 18.2 Å². The summed E-state index contributed by atoms with van der Waals surface area (Å²) in [5.74, 6) is 0.105. The largest absolute Gasteiger partial charge is 0.484 e. The fraction of sp³-hybridized carbons (Fsp3) is 0.250. The number of halogens is 1. The molecular formula is C8H8ClNO4. The molecule has 76 valence electrons. The highest BCUT2D eigenvalue weighted by Gasteiger charge is 2.15. The average molecular weight is 218 g/mol. The number of ether oxygens (including phenoxy) is 1. The van der Waals surface area contributed by atoms with Gasteiger partial charge in [-0.3, -0.25) is 10.1 Å². The van der Waals surface area contributed by atoms with Crippen LogP contribution in [0, 0.1) is 10.1 Å². The van der Waals surface area contributed by atoms with E-state index in [4.69, 9.17) is 21.4 Å². The molecule has 0 bridgehead atoms. The van der Waals surface area contributed by atoms with Crippen LogP contribution in [0.5, 0.6) is 5.75 Å². The summed E-state index contributed by atoms with van der Waals surface area (Å²) in [6.07, 6.45) is 0. The Morgan fingerprint density at radius 2 is 2.29 bits per heavy atom. The lowest BCUT2D eigenvalue weighted by molar-refractivity contribution is -0.385. The maximum atomic E-state index is 10.5. The van der Waals surface area contributed by atoms with Crippen LogP contribution in [0.4, 0.5) is 5.69 Å². The van der Waals surface area contributed by atoms with Crippen LogP contribution < -0.4 is 4.74 Å². The van der Waals surface area contributed by atoms with E-state index in [1.54, 1.807) is 0 Å². The maximum absolute atomic E-state index is 10.5. The van der Waals surface area contributed by atoms with E-state index in [1.807, 2.05) is 0 Å². The second-order valence-electron chi connectivity index (χ2n) is 2.44. The quantitative estimate of drug-likeness (QED) is 0.614. The van der Waals surface area contributed by atoms with Crippen molar-refractivity contribution in [3.63, 3.8) is 0 Å². The van der Waals surface area contributed by atoms with Crippen LogP contribution in [-0.2, 0) is 0 Å². The zero-order valence-electron chi connectivity index (χ0n) is 7.14. The van der Waals surface area contributed by atoms with Crippen LogP contribution in [0.25, 0.3) is 0 Å². The van der Waals surface area contributed by atoms with Crippen molar-refractivity contribution < 1.29 is 14.8 Å². The van der Waals surface area contributed by atoms with Crippen molar-refractivity contribution >= 4 is 17.3 Å². The number of nitro groups is 1. The molecule has 6 heteroatoms. The zero-order valence-corrected chi connectivity index (χ0v) is 7.90. The monoisotopic (exact) mass is 217 g/mol. The fourth-order valence-corrected chi connectivity index (χ4v) is 1.08. The van der Waals surface area contributed by atoms with E-state index in [0.717, 1.165) is 0 Å². The molecule has 0 radical (unpaired) electrons. The summed E-state index contributed by atoms with van der Waals surface area (Å²) in [6.45, 7) is -0.178. The van der Waals surface area contributed by atoms with E-state index < -0.39 is 4.92 Å². The molecule has 0 spiro atoms. The number of nitro benzene ring substituents is 1. The Kier molecular flexibility index (Phi) is 3.67. The van der Waals surface area contributed by atoms with Gasteiger partial charge in [0.15, 0.2) is 5.75 Å². The second kappa shape index (κ2) is 4.78. The summed E-state index contributed by atoms with van der Waals surface area (Å²) in [6, 6.07) is 4.09. The van der Waals surface area contributed by atoms with Crippen molar-refractivity contribution in [1.82, 2.24) is 0 Å². The minimum absolute atomic E-state index is 0.0163. The number of hydrogen-bond acceptors (Lipinski definition) is 4. The molecule has 5 nitrogen and oxygen atoms in total. The lowest BCUT2D eigenvalue weighted by atomic mass is 10.3. The van der Waals surface area contributed by atoms with Crippen molar-refractivity contribution in [2.24, 2.45) is 0 Å². The smallest absolute Gasteiger partial charge is 0.312 e. The third-order valence-corrected chi connectivity index (χ3v) is 1.70. The van der Waals surface area contributed by atoms with E-state index >= 15 is 0 Å². The summed E-state index contributed by atoms with van der Waals surface area (Å²) in [5, 5.41) is 19.3. The zero-order chi connectivity index (χ0) is 10.6. The van der Waals surface area contributed by atoms with Gasteiger partial charge in [0.2, 0.25) is 0 Å². The van der Waals surface area contributed by atoms with Crippen molar-refractivity contribution in [3.05, 3.63) is 33.3 Å². The Morgan fingerprint density at radius 3 is 2.86 bits per heavy atom. The fourth-order valence-electron chi connectivity index (χ4n) is 0.911.